The third kappa shape index (κ3) is 6.65. The van der Waals surface area contributed by atoms with E-state index in [1.54, 1.807) is 0 Å². The van der Waals surface area contributed by atoms with E-state index in [2.05, 4.69) is 63.5 Å². The molecule has 1 fully saturated rings. The molecule has 0 aliphatic carbocycles. The van der Waals surface area contributed by atoms with Crippen molar-refractivity contribution in [1.29, 1.82) is 0 Å². The molecule has 2 unspecified atom stereocenters. The molecule has 0 aromatic carbocycles. The largest absolute Gasteiger partial charge is 0.356 e. The van der Waals surface area contributed by atoms with Crippen LogP contribution in [0.3, 0.4) is 0 Å². The summed E-state index contributed by atoms with van der Waals surface area (Å²) in [4.78, 5) is 6.90. The van der Waals surface area contributed by atoms with E-state index in [4.69, 9.17) is 0 Å². The van der Waals surface area contributed by atoms with Gasteiger partial charge in [0.2, 0.25) is 0 Å². The summed E-state index contributed by atoms with van der Waals surface area (Å²) in [6.07, 6.45) is 6.71. The molecule has 0 spiro atoms. The summed E-state index contributed by atoms with van der Waals surface area (Å²) in [5.41, 5.74) is 0. The van der Waals surface area contributed by atoms with Crippen molar-refractivity contribution >= 4 is 5.96 Å². The average Bonchev–Trinajstić information content (AvgIpc) is 3.02. The first-order valence-corrected chi connectivity index (χ1v) is 8.95. The van der Waals surface area contributed by atoms with Gasteiger partial charge in [-0.2, -0.15) is 0 Å². The van der Waals surface area contributed by atoms with Gasteiger partial charge in [0.25, 0.3) is 0 Å². The fourth-order valence-electron chi connectivity index (χ4n) is 3.53. The number of nitrogens with zero attached hydrogens (tertiary/aromatic N) is 3. The fraction of sp³-hybridized carbons (Fsp3) is 0.722. The van der Waals surface area contributed by atoms with Crippen LogP contribution in [0.2, 0.25) is 0 Å². The zero-order valence-corrected chi connectivity index (χ0v) is 15.0. The summed E-state index contributed by atoms with van der Waals surface area (Å²) < 4.78 is 2.17. The monoisotopic (exact) mass is 319 g/mol. The summed E-state index contributed by atoms with van der Waals surface area (Å²) in [6, 6.07) is 4.10. The minimum Gasteiger partial charge on any atom is -0.356 e. The minimum absolute atomic E-state index is 0.842. The Morgan fingerprint density at radius 1 is 1.04 bits per heavy atom. The van der Waals surface area contributed by atoms with E-state index in [1.165, 1.54) is 26.1 Å². The number of guanidine groups is 1. The summed E-state index contributed by atoms with van der Waals surface area (Å²) in [6.45, 7) is 11.3. The minimum atomic E-state index is 0.842. The van der Waals surface area contributed by atoms with Crippen LogP contribution in [0.1, 0.15) is 26.7 Å². The number of hydrogen-bond donors (Lipinski definition) is 2. The van der Waals surface area contributed by atoms with Crippen molar-refractivity contribution in [3.8, 4) is 0 Å². The molecular formula is C18H33N5. The molecule has 1 saturated heterocycles. The van der Waals surface area contributed by atoms with Crippen molar-refractivity contribution in [3.05, 3.63) is 24.5 Å². The Labute approximate surface area is 141 Å². The van der Waals surface area contributed by atoms with Crippen LogP contribution in [0.5, 0.6) is 0 Å². The lowest BCUT2D eigenvalue weighted by atomic mass is 9.92. The molecule has 2 N–H and O–H groups in total. The highest BCUT2D eigenvalue weighted by molar-refractivity contribution is 5.79. The third-order valence-electron chi connectivity index (χ3n) is 4.44. The van der Waals surface area contributed by atoms with E-state index in [0.717, 1.165) is 43.9 Å². The Morgan fingerprint density at radius 3 is 2.35 bits per heavy atom. The first kappa shape index (κ1) is 17.9. The maximum Gasteiger partial charge on any atom is 0.191 e. The Morgan fingerprint density at radius 2 is 1.70 bits per heavy atom. The van der Waals surface area contributed by atoms with Gasteiger partial charge < -0.3 is 20.1 Å². The first-order chi connectivity index (χ1) is 11.2. The van der Waals surface area contributed by atoms with E-state index in [-0.39, 0.29) is 0 Å². The van der Waals surface area contributed by atoms with Crippen LogP contribution in [0.4, 0.5) is 0 Å². The maximum absolute atomic E-state index is 4.29. The van der Waals surface area contributed by atoms with Gasteiger partial charge in [-0.3, -0.25) is 4.99 Å². The van der Waals surface area contributed by atoms with Gasteiger partial charge >= 0.3 is 0 Å². The summed E-state index contributed by atoms with van der Waals surface area (Å²) in [5, 5.41) is 6.78. The number of aromatic nitrogens is 1. The Bertz CT molecular complexity index is 444. The number of piperidine rings is 1. The van der Waals surface area contributed by atoms with E-state index in [1.807, 2.05) is 7.05 Å². The molecule has 23 heavy (non-hydrogen) atoms. The van der Waals surface area contributed by atoms with Crippen molar-refractivity contribution in [2.24, 2.45) is 16.8 Å². The van der Waals surface area contributed by atoms with Gasteiger partial charge in [0, 0.05) is 52.2 Å². The lowest BCUT2D eigenvalue weighted by Crippen LogP contribution is -2.42. The second-order valence-corrected chi connectivity index (χ2v) is 6.91. The Balaban J connectivity index is 1.56. The van der Waals surface area contributed by atoms with E-state index in [9.17, 15) is 0 Å². The van der Waals surface area contributed by atoms with Crippen molar-refractivity contribution in [2.45, 2.75) is 33.2 Å². The number of hydrogen-bond acceptors (Lipinski definition) is 2. The highest BCUT2D eigenvalue weighted by Crippen LogP contribution is 2.20. The van der Waals surface area contributed by atoms with E-state index < -0.39 is 0 Å². The van der Waals surface area contributed by atoms with Crippen molar-refractivity contribution in [1.82, 2.24) is 20.1 Å². The molecule has 1 aliphatic heterocycles. The lowest BCUT2D eigenvalue weighted by molar-refractivity contribution is 0.140. The topological polar surface area (TPSA) is 44.6 Å². The van der Waals surface area contributed by atoms with Gasteiger partial charge in [-0.25, -0.2) is 0 Å². The first-order valence-electron chi connectivity index (χ1n) is 8.95. The average molecular weight is 319 g/mol. The van der Waals surface area contributed by atoms with E-state index >= 15 is 0 Å². The highest BCUT2D eigenvalue weighted by atomic mass is 15.2. The Hall–Kier alpha value is -1.49. The van der Waals surface area contributed by atoms with Crippen molar-refractivity contribution in [3.63, 3.8) is 0 Å². The highest BCUT2D eigenvalue weighted by Gasteiger charge is 2.20. The van der Waals surface area contributed by atoms with Gasteiger partial charge in [-0.1, -0.05) is 13.8 Å². The standard InChI is InChI=1S/C18H33N5/c1-16-13-17(2)15-23(14-16)11-6-7-20-18(19-3)21-8-12-22-9-4-5-10-22/h4-5,9-10,16-17H,6-8,11-15H2,1-3H3,(H2,19,20,21). The van der Waals surface area contributed by atoms with Gasteiger partial charge in [0.15, 0.2) is 5.96 Å². The van der Waals surface area contributed by atoms with Gasteiger partial charge in [0.1, 0.15) is 0 Å². The predicted molar refractivity (Wildman–Crippen MR) is 97.8 cm³/mol. The molecule has 1 aromatic rings. The van der Waals surface area contributed by atoms with Crippen LogP contribution in [0, 0.1) is 11.8 Å². The van der Waals surface area contributed by atoms with Crippen LogP contribution >= 0.6 is 0 Å². The van der Waals surface area contributed by atoms with Crippen molar-refractivity contribution < 1.29 is 0 Å². The van der Waals surface area contributed by atoms with Crippen LogP contribution in [-0.2, 0) is 6.54 Å². The number of nitrogens with one attached hydrogen (secondary N) is 2. The summed E-state index contributed by atoms with van der Waals surface area (Å²) >= 11 is 0. The smallest absolute Gasteiger partial charge is 0.191 e. The second kappa shape index (κ2) is 9.60. The molecule has 5 heteroatoms. The molecule has 0 radical (unpaired) electrons. The molecule has 0 bridgehead atoms. The molecule has 0 amide bonds. The molecule has 5 nitrogen and oxygen atoms in total. The molecule has 0 saturated carbocycles. The van der Waals surface area contributed by atoms with Crippen molar-refractivity contribution in [2.75, 3.05) is 39.8 Å². The maximum atomic E-state index is 4.29. The Kier molecular flexibility index (Phi) is 7.46. The molecule has 2 rings (SSSR count). The number of rotatable bonds is 7. The van der Waals surface area contributed by atoms with Crippen LogP contribution in [-0.4, -0.2) is 55.2 Å². The second-order valence-electron chi connectivity index (χ2n) is 6.91. The quantitative estimate of drug-likeness (QED) is 0.459. The van der Waals surface area contributed by atoms with Gasteiger partial charge in [-0.15, -0.1) is 0 Å². The predicted octanol–water partition coefficient (Wildman–Crippen LogP) is 2.02. The number of likely N-dealkylation sites (tertiary alicyclic amines) is 1. The van der Waals surface area contributed by atoms with Crippen LogP contribution < -0.4 is 10.6 Å². The fourth-order valence-corrected chi connectivity index (χ4v) is 3.53. The summed E-state index contributed by atoms with van der Waals surface area (Å²) in [7, 11) is 1.83. The zero-order valence-electron chi connectivity index (χ0n) is 15.0. The SMILES string of the molecule is CN=C(NCCCN1CC(C)CC(C)C1)NCCn1cccc1. The lowest BCUT2D eigenvalue weighted by Gasteiger charge is -2.35. The number of aliphatic imine (C=N–C) groups is 1. The summed E-state index contributed by atoms with van der Waals surface area (Å²) in [5.74, 6) is 2.59. The molecule has 130 valence electrons. The van der Waals surface area contributed by atoms with Gasteiger partial charge in [0.05, 0.1) is 0 Å². The molecule has 2 atom stereocenters. The molecule has 2 heterocycles. The van der Waals surface area contributed by atoms with Crippen LogP contribution in [0.15, 0.2) is 29.5 Å². The van der Waals surface area contributed by atoms with E-state index in [0.29, 0.717) is 0 Å². The third-order valence-corrected chi connectivity index (χ3v) is 4.44. The molecular weight excluding hydrogens is 286 g/mol. The van der Waals surface area contributed by atoms with Crippen LogP contribution in [0.25, 0.3) is 0 Å². The van der Waals surface area contributed by atoms with Gasteiger partial charge in [-0.05, 0) is 43.4 Å². The normalized spacial score (nSPS) is 23.0. The molecule has 1 aliphatic rings. The zero-order chi connectivity index (χ0) is 16.5. The molecule has 1 aromatic heterocycles.